The van der Waals surface area contributed by atoms with Gasteiger partial charge in [0.1, 0.15) is 0 Å². The van der Waals surface area contributed by atoms with Crippen LogP contribution in [0.4, 0.5) is 5.69 Å². The molecule has 0 unspecified atom stereocenters. The second-order valence-corrected chi connectivity index (χ2v) is 8.95. The molecule has 1 amide bonds. The monoisotopic (exact) mass is 352 g/mol. The van der Waals surface area contributed by atoms with Crippen molar-refractivity contribution in [3.63, 3.8) is 0 Å². The number of benzene rings is 1. The highest BCUT2D eigenvalue weighted by molar-refractivity contribution is 7.89. The Hall–Kier alpha value is -1.40. The van der Waals surface area contributed by atoms with Crippen LogP contribution in [0.25, 0.3) is 0 Å². The largest absolute Gasteiger partial charge is 0.312 e. The van der Waals surface area contributed by atoms with Crippen LogP contribution in [0.2, 0.25) is 0 Å². The van der Waals surface area contributed by atoms with Crippen LogP contribution in [-0.4, -0.2) is 26.9 Å². The minimum atomic E-state index is -3.58. The zero-order valence-electron chi connectivity index (χ0n) is 15.2. The number of amides is 1. The molecule has 134 valence electrons. The normalized spacial score (nSPS) is 16.0. The van der Waals surface area contributed by atoms with Gasteiger partial charge in [0.15, 0.2) is 0 Å². The lowest BCUT2D eigenvalue weighted by atomic mass is 9.94. The molecule has 1 aromatic carbocycles. The topological polar surface area (TPSA) is 66.5 Å². The van der Waals surface area contributed by atoms with Crippen molar-refractivity contribution in [2.75, 3.05) is 11.4 Å². The molecule has 1 N–H and O–H groups in total. The number of hydrogen-bond acceptors (Lipinski definition) is 3. The first-order valence-corrected chi connectivity index (χ1v) is 10.0. The standard InChI is InChI=1S/C18H28N2O3S/c1-12(2)18(13(3)4)19-24(22,23)15-8-9-16(14(5)11-15)20-10-6-7-17(20)21/h8-9,11-13,18-19H,6-7,10H2,1-5H3. The summed E-state index contributed by atoms with van der Waals surface area (Å²) in [6, 6.07) is 4.87. The number of aryl methyl sites for hydroxylation is 1. The molecule has 1 saturated heterocycles. The van der Waals surface area contributed by atoms with E-state index in [-0.39, 0.29) is 28.7 Å². The third-order valence-corrected chi connectivity index (χ3v) is 6.03. The van der Waals surface area contributed by atoms with E-state index in [0.717, 1.165) is 17.7 Å². The van der Waals surface area contributed by atoms with E-state index in [0.29, 0.717) is 13.0 Å². The molecule has 0 atom stereocenters. The van der Waals surface area contributed by atoms with Crippen LogP contribution in [0.15, 0.2) is 23.1 Å². The molecule has 0 saturated carbocycles. The summed E-state index contributed by atoms with van der Waals surface area (Å²) < 4.78 is 28.2. The predicted molar refractivity (Wildman–Crippen MR) is 96.6 cm³/mol. The maximum atomic E-state index is 12.7. The summed E-state index contributed by atoms with van der Waals surface area (Å²) in [5.41, 5.74) is 1.61. The van der Waals surface area contributed by atoms with E-state index in [4.69, 9.17) is 0 Å². The smallest absolute Gasteiger partial charge is 0.240 e. The molecule has 2 rings (SSSR count). The number of carbonyl (C=O) groups excluding carboxylic acids is 1. The highest BCUT2D eigenvalue weighted by atomic mass is 32.2. The molecule has 1 aliphatic rings. The summed E-state index contributed by atoms with van der Waals surface area (Å²) in [5, 5.41) is 0. The van der Waals surface area contributed by atoms with E-state index >= 15 is 0 Å². The third-order valence-electron chi connectivity index (χ3n) is 4.57. The number of rotatable bonds is 6. The summed E-state index contributed by atoms with van der Waals surface area (Å²) in [6.07, 6.45) is 1.41. The van der Waals surface area contributed by atoms with E-state index in [2.05, 4.69) is 4.72 Å². The van der Waals surface area contributed by atoms with Crippen molar-refractivity contribution >= 4 is 21.6 Å². The van der Waals surface area contributed by atoms with E-state index in [9.17, 15) is 13.2 Å². The molecule has 0 spiro atoms. The van der Waals surface area contributed by atoms with Crippen LogP contribution in [0, 0.1) is 18.8 Å². The quantitative estimate of drug-likeness (QED) is 0.855. The lowest BCUT2D eigenvalue weighted by Crippen LogP contribution is -2.42. The van der Waals surface area contributed by atoms with E-state index in [1.165, 1.54) is 0 Å². The Labute approximate surface area is 145 Å². The lowest BCUT2D eigenvalue weighted by Gasteiger charge is -2.26. The van der Waals surface area contributed by atoms with Crippen LogP contribution < -0.4 is 9.62 Å². The average molecular weight is 353 g/mol. The summed E-state index contributed by atoms with van der Waals surface area (Å²) >= 11 is 0. The van der Waals surface area contributed by atoms with Crippen molar-refractivity contribution in [2.45, 2.75) is 58.4 Å². The van der Waals surface area contributed by atoms with Gasteiger partial charge in [0.05, 0.1) is 4.90 Å². The number of nitrogens with zero attached hydrogens (tertiary/aromatic N) is 1. The molecule has 0 radical (unpaired) electrons. The minimum Gasteiger partial charge on any atom is -0.312 e. The summed E-state index contributed by atoms with van der Waals surface area (Å²) in [5.74, 6) is 0.524. The molecule has 6 heteroatoms. The summed E-state index contributed by atoms with van der Waals surface area (Å²) in [4.78, 5) is 13.9. The van der Waals surface area contributed by atoms with Gasteiger partial charge < -0.3 is 4.90 Å². The first-order chi connectivity index (χ1) is 11.1. The number of carbonyl (C=O) groups is 1. The molecular weight excluding hydrogens is 324 g/mol. The van der Waals surface area contributed by atoms with Crippen LogP contribution in [0.5, 0.6) is 0 Å². The third kappa shape index (κ3) is 3.98. The molecule has 0 bridgehead atoms. The van der Waals surface area contributed by atoms with Crippen molar-refractivity contribution in [3.8, 4) is 0 Å². The first-order valence-electron chi connectivity index (χ1n) is 8.57. The second kappa shape index (κ2) is 7.23. The minimum absolute atomic E-state index is 0.103. The van der Waals surface area contributed by atoms with E-state index in [1.807, 2.05) is 34.6 Å². The molecule has 1 aromatic rings. The Morgan fingerprint density at radius 2 is 1.75 bits per heavy atom. The fourth-order valence-electron chi connectivity index (χ4n) is 3.29. The zero-order valence-corrected chi connectivity index (χ0v) is 16.0. The van der Waals surface area contributed by atoms with Gasteiger partial charge >= 0.3 is 0 Å². The van der Waals surface area contributed by atoms with Gasteiger partial charge in [-0.1, -0.05) is 27.7 Å². The molecule has 1 heterocycles. The zero-order chi connectivity index (χ0) is 18.1. The SMILES string of the molecule is Cc1cc(S(=O)(=O)NC(C(C)C)C(C)C)ccc1N1CCCC1=O. The van der Waals surface area contributed by atoms with E-state index < -0.39 is 10.0 Å². The van der Waals surface area contributed by atoms with Gasteiger partial charge in [0.25, 0.3) is 0 Å². The fourth-order valence-corrected chi connectivity index (χ4v) is 4.91. The highest BCUT2D eigenvalue weighted by Gasteiger charge is 2.27. The summed E-state index contributed by atoms with van der Waals surface area (Å²) in [6.45, 7) is 10.6. The Morgan fingerprint density at radius 3 is 2.21 bits per heavy atom. The molecule has 1 aliphatic heterocycles. The van der Waals surface area contributed by atoms with Gasteiger partial charge in [-0.25, -0.2) is 13.1 Å². The molecule has 1 fully saturated rings. The highest BCUT2D eigenvalue weighted by Crippen LogP contribution is 2.27. The second-order valence-electron chi connectivity index (χ2n) is 7.23. The Morgan fingerprint density at radius 1 is 1.12 bits per heavy atom. The van der Waals surface area contributed by atoms with E-state index in [1.54, 1.807) is 23.1 Å². The van der Waals surface area contributed by atoms with Gasteiger partial charge in [-0.15, -0.1) is 0 Å². The van der Waals surface area contributed by atoms with Crippen molar-refractivity contribution in [2.24, 2.45) is 11.8 Å². The Kier molecular flexibility index (Phi) is 5.71. The number of sulfonamides is 1. The van der Waals surface area contributed by atoms with Crippen LogP contribution in [0.3, 0.4) is 0 Å². The van der Waals surface area contributed by atoms with Crippen molar-refractivity contribution < 1.29 is 13.2 Å². The number of hydrogen-bond donors (Lipinski definition) is 1. The molecule has 0 aromatic heterocycles. The Balaban J connectivity index is 2.28. The average Bonchev–Trinajstić information content (AvgIpc) is 2.90. The molecular formula is C18H28N2O3S. The van der Waals surface area contributed by atoms with Gasteiger partial charge in [-0.2, -0.15) is 0 Å². The van der Waals surface area contributed by atoms with Crippen LogP contribution in [0.1, 0.15) is 46.1 Å². The van der Waals surface area contributed by atoms with Crippen molar-refractivity contribution in [1.29, 1.82) is 0 Å². The fraction of sp³-hybridized carbons (Fsp3) is 0.611. The van der Waals surface area contributed by atoms with Gasteiger partial charge in [0.2, 0.25) is 15.9 Å². The maximum Gasteiger partial charge on any atom is 0.240 e. The van der Waals surface area contributed by atoms with Crippen LogP contribution >= 0.6 is 0 Å². The number of nitrogens with one attached hydrogen (secondary N) is 1. The van der Waals surface area contributed by atoms with Crippen LogP contribution in [-0.2, 0) is 14.8 Å². The summed E-state index contributed by atoms with van der Waals surface area (Å²) in [7, 11) is -3.58. The number of anilines is 1. The predicted octanol–water partition coefficient (Wildman–Crippen LogP) is 3.08. The molecule has 5 nitrogen and oxygen atoms in total. The van der Waals surface area contributed by atoms with Gasteiger partial charge in [0, 0.05) is 24.7 Å². The van der Waals surface area contributed by atoms with Gasteiger partial charge in [-0.05, 0) is 48.9 Å². The van der Waals surface area contributed by atoms with Crippen molar-refractivity contribution in [3.05, 3.63) is 23.8 Å². The maximum absolute atomic E-state index is 12.7. The Bertz CT molecular complexity index is 703. The first kappa shape index (κ1) is 18.9. The molecule has 24 heavy (non-hydrogen) atoms. The van der Waals surface area contributed by atoms with Crippen molar-refractivity contribution in [1.82, 2.24) is 4.72 Å². The van der Waals surface area contributed by atoms with Gasteiger partial charge in [-0.3, -0.25) is 4.79 Å². The molecule has 0 aliphatic carbocycles. The lowest BCUT2D eigenvalue weighted by molar-refractivity contribution is -0.117.